The number of hydrogen-bond acceptors (Lipinski definition) is 6. The van der Waals surface area contributed by atoms with E-state index in [2.05, 4.69) is 9.88 Å². The van der Waals surface area contributed by atoms with Gasteiger partial charge in [0.2, 0.25) is 20.0 Å². The number of sulfonamides is 2. The zero-order valence-electron chi connectivity index (χ0n) is 12.2. The van der Waals surface area contributed by atoms with Crippen LogP contribution in [0.25, 0.3) is 0 Å². The summed E-state index contributed by atoms with van der Waals surface area (Å²) in [4.78, 5) is 0.0630. The Hall–Kier alpha value is -0.970. The molecule has 0 unspecified atom stereocenters. The Bertz CT molecular complexity index is 696. The van der Waals surface area contributed by atoms with E-state index >= 15 is 0 Å². The Morgan fingerprint density at radius 1 is 1.19 bits per heavy atom. The van der Waals surface area contributed by atoms with Crippen LogP contribution >= 0.6 is 0 Å². The van der Waals surface area contributed by atoms with Crippen LogP contribution in [0.15, 0.2) is 9.42 Å². The Balaban J connectivity index is 2.07. The highest BCUT2D eigenvalue weighted by atomic mass is 32.2. The molecule has 8 nitrogen and oxygen atoms in total. The van der Waals surface area contributed by atoms with Crippen LogP contribution in [0.5, 0.6) is 0 Å². The zero-order valence-corrected chi connectivity index (χ0v) is 13.8. The molecule has 0 amide bonds. The fraction of sp³-hybridized carbons (Fsp3) is 0.727. The predicted molar refractivity (Wildman–Crippen MR) is 75.7 cm³/mol. The summed E-state index contributed by atoms with van der Waals surface area (Å²) in [7, 11) is -6.92. The molecule has 0 radical (unpaired) electrons. The van der Waals surface area contributed by atoms with Gasteiger partial charge in [0.25, 0.3) is 0 Å². The topological polar surface area (TPSA) is 110 Å². The molecule has 0 aliphatic carbocycles. The number of aryl methyl sites for hydroxylation is 2. The van der Waals surface area contributed by atoms with Gasteiger partial charge in [-0.25, -0.2) is 25.9 Å². The van der Waals surface area contributed by atoms with Crippen LogP contribution in [0.2, 0.25) is 0 Å². The summed E-state index contributed by atoms with van der Waals surface area (Å²) in [5.41, 5.74) is 0.313. The lowest BCUT2D eigenvalue weighted by molar-refractivity contribution is 0.310. The Labute approximate surface area is 124 Å². The van der Waals surface area contributed by atoms with Crippen molar-refractivity contribution in [3.05, 3.63) is 11.5 Å². The number of piperidine rings is 1. The number of nitrogens with zero attached hydrogens (tertiary/aromatic N) is 2. The molecule has 0 bridgehead atoms. The first-order valence-corrected chi connectivity index (χ1v) is 9.85. The predicted octanol–water partition coefficient (Wildman–Crippen LogP) is -0.00626. The van der Waals surface area contributed by atoms with E-state index in [1.54, 1.807) is 13.8 Å². The lowest BCUT2D eigenvalue weighted by Gasteiger charge is -2.30. The van der Waals surface area contributed by atoms with Crippen LogP contribution in [0.1, 0.15) is 24.3 Å². The van der Waals surface area contributed by atoms with Gasteiger partial charge in [-0.2, -0.15) is 0 Å². The number of aromatic nitrogens is 1. The highest BCUT2D eigenvalue weighted by molar-refractivity contribution is 7.89. The zero-order chi connectivity index (χ0) is 15.8. The van der Waals surface area contributed by atoms with Gasteiger partial charge in [-0.3, -0.25) is 0 Å². The molecule has 0 aromatic carbocycles. The third kappa shape index (κ3) is 3.62. The molecule has 2 heterocycles. The molecule has 1 fully saturated rings. The van der Waals surface area contributed by atoms with E-state index < -0.39 is 20.0 Å². The first-order chi connectivity index (χ1) is 9.61. The van der Waals surface area contributed by atoms with Crippen molar-refractivity contribution in [2.45, 2.75) is 37.6 Å². The lowest BCUT2D eigenvalue weighted by atomic mass is 10.1. The van der Waals surface area contributed by atoms with E-state index in [9.17, 15) is 16.8 Å². The number of rotatable bonds is 4. The molecular formula is C11H19N3O5S2. The second kappa shape index (κ2) is 5.67. The average Bonchev–Trinajstić information content (AvgIpc) is 2.68. The largest absolute Gasteiger partial charge is 0.360 e. The van der Waals surface area contributed by atoms with Gasteiger partial charge in [-0.15, -0.1) is 0 Å². The van der Waals surface area contributed by atoms with Crippen molar-refractivity contribution in [3.63, 3.8) is 0 Å². The van der Waals surface area contributed by atoms with Crippen LogP contribution in [0, 0.1) is 13.8 Å². The normalized spacial score (nSPS) is 19.0. The molecule has 1 aromatic heterocycles. The average molecular weight is 337 g/mol. The lowest BCUT2D eigenvalue weighted by Crippen LogP contribution is -2.46. The third-order valence-electron chi connectivity index (χ3n) is 3.48. The third-order valence-corrected chi connectivity index (χ3v) is 6.55. The van der Waals surface area contributed by atoms with Crippen LogP contribution in [0.4, 0.5) is 0 Å². The Morgan fingerprint density at radius 2 is 1.76 bits per heavy atom. The highest BCUT2D eigenvalue weighted by Crippen LogP contribution is 2.21. The van der Waals surface area contributed by atoms with Crippen LogP contribution in [0.3, 0.4) is 0 Å². The summed E-state index contributed by atoms with van der Waals surface area (Å²) < 4.78 is 56.4. The van der Waals surface area contributed by atoms with E-state index in [0.717, 1.165) is 6.26 Å². The van der Waals surface area contributed by atoms with Crippen LogP contribution in [-0.4, -0.2) is 51.7 Å². The van der Waals surface area contributed by atoms with Crippen molar-refractivity contribution in [3.8, 4) is 0 Å². The van der Waals surface area contributed by atoms with Gasteiger partial charge in [0.1, 0.15) is 10.6 Å². The number of hydrogen-bond donors (Lipinski definition) is 1. The van der Waals surface area contributed by atoms with Crippen LogP contribution in [-0.2, 0) is 20.0 Å². The van der Waals surface area contributed by atoms with E-state index in [4.69, 9.17) is 4.52 Å². The van der Waals surface area contributed by atoms with Crippen LogP contribution < -0.4 is 4.72 Å². The SMILES string of the molecule is Cc1noc(C)c1S(=O)(=O)NC1CCN(S(C)(=O)=O)CC1. The summed E-state index contributed by atoms with van der Waals surface area (Å²) in [6.45, 7) is 3.74. The Kier molecular flexibility index (Phi) is 4.43. The molecule has 0 saturated carbocycles. The molecule has 10 heteroatoms. The van der Waals surface area contributed by atoms with Gasteiger partial charge >= 0.3 is 0 Å². The minimum Gasteiger partial charge on any atom is -0.360 e. The molecule has 0 atom stereocenters. The molecule has 1 N–H and O–H groups in total. The molecular weight excluding hydrogens is 318 g/mol. The summed E-state index contributed by atoms with van der Waals surface area (Å²) >= 11 is 0. The van der Waals surface area contributed by atoms with Gasteiger partial charge in [-0.1, -0.05) is 5.16 Å². The molecule has 21 heavy (non-hydrogen) atoms. The van der Waals surface area contributed by atoms with E-state index in [0.29, 0.717) is 31.6 Å². The van der Waals surface area contributed by atoms with Crippen molar-refractivity contribution < 1.29 is 21.4 Å². The minimum atomic E-state index is -3.71. The molecule has 1 saturated heterocycles. The second-order valence-corrected chi connectivity index (χ2v) is 8.84. The molecule has 120 valence electrons. The molecule has 1 aliphatic heterocycles. The smallest absolute Gasteiger partial charge is 0.246 e. The molecule has 1 aromatic rings. The van der Waals surface area contributed by atoms with E-state index in [-0.39, 0.29) is 16.7 Å². The minimum absolute atomic E-state index is 0.0630. The van der Waals surface area contributed by atoms with E-state index in [1.165, 1.54) is 4.31 Å². The van der Waals surface area contributed by atoms with Gasteiger partial charge < -0.3 is 4.52 Å². The number of nitrogens with one attached hydrogen (secondary N) is 1. The maximum absolute atomic E-state index is 12.3. The Morgan fingerprint density at radius 3 is 2.19 bits per heavy atom. The van der Waals surface area contributed by atoms with Crippen molar-refractivity contribution in [1.82, 2.24) is 14.2 Å². The monoisotopic (exact) mass is 337 g/mol. The summed E-state index contributed by atoms with van der Waals surface area (Å²) in [5, 5.41) is 3.64. The summed E-state index contributed by atoms with van der Waals surface area (Å²) in [6.07, 6.45) is 2.03. The standard InChI is InChI=1S/C11H19N3O5S2/c1-8-11(9(2)19-12-8)21(17,18)13-10-4-6-14(7-5-10)20(3,15)16/h10,13H,4-7H2,1-3H3. The maximum atomic E-state index is 12.3. The van der Waals surface area contributed by atoms with E-state index in [1.807, 2.05) is 0 Å². The highest BCUT2D eigenvalue weighted by Gasteiger charge is 2.30. The first-order valence-electron chi connectivity index (χ1n) is 6.51. The molecule has 2 rings (SSSR count). The maximum Gasteiger partial charge on any atom is 0.246 e. The molecule has 1 aliphatic rings. The van der Waals surface area contributed by atoms with Gasteiger partial charge in [0.15, 0.2) is 5.76 Å². The molecule has 0 spiro atoms. The van der Waals surface area contributed by atoms with Crippen molar-refractivity contribution in [2.75, 3.05) is 19.3 Å². The van der Waals surface area contributed by atoms with Crippen molar-refractivity contribution in [1.29, 1.82) is 0 Å². The summed E-state index contributed by atoms with van der Waals surface area (Å²) in [6, 6.07) is -0.290. The fourth-order valence-corrected chi connectivity index (χ4v) is 4.95. The second-order valence-electron chi connectivity index (χ2n) is 5.21. The van der Waals surface area contributed by atoms with Gasteiger partial charge in [0, 0.05) is 19.1 Å². The first kappa shape index (κ1) is 16.4. The van der Waals surface area contributed by atoms with Crippen molar-refractivity contribution >= 4 is 20.0 Å². The fourth-order valence-electron chi connectivity index (χ4n) is 2.44. The van der Waals surface area contributed by atoms with Gasteiger partial charge in [0.05, 0.1) is 6.26 Å². The quantitative estimate of drug-likeness (QED) is 0.828. The van der Waals surface area contributed by atoms with Gasteiger partial charge in [-0.05, 0) is 26.7 Å². The van der Waals surface area contributed by atoms with Crippen molar-refractivity contribution in [2.24, 2.45) is 0 Å². The summed E-state index contributed by atoms with van der Waals surface area (Å²) in [5.74, 6) is 0.244.